The predicted molar refractivity (Wildman–Crippen MR) is 75.1 cm³/mol. The van der Waals surface area contributed by atoms with Crippen LogP contribution in [-0.4, -0.2) is 23.2 Å². The van der Waals surface area contributed by atoms with Crippen molar-refractivity contribution in [1.82, 2.24) is 14.8 Å². The zero-order chi connectivity index (χ0) is 14.8. The Morgan fingerprint density at radius 3 is 2.75 bits per heavy atom. The summed E-state index contributed by atoms with van der Waals surface area (Å²) >= 11 is 0. The maximum Gasteiger partial charge on any atom is 0.265 e. The minimum absolute atomic E-state index is 0.0886. The fraction of sp³-hybridized carbons (Fsp3) is 0.333. The molecule has 2 rings (SSSR count). The zero-order valence-corrected chi connectivity index (χ0v) is 12.1. The first-order valence-corrected chi connectivity index (χ1v) is 7.65. The summed E-state index contributed by atoms with van der Waals surface area (Å²) in [4.78, 5) is 11.7. The molecule has 0 amide bonds. The van der Waals surface area contributed by atoms with Crippen LogP contribution in [0.3, 0.4) is 0 Å². The van der Waals surface area contributed by atoms with Gasteiger partial charge < -0.3 is 4.57 Å². The van der Waals surface area contributed by atoms with Crippen LogP contribution < -0.4 is 10.3 Å². The monoisotopic (exact) mass is 296 g/mol. The average molecular weight is 296 g/mol. The lowest BCUT2D eigenvalue weighted by molar-refractivity contribution is 0.600. The van der Waals surface area contributed by atoms with E-state index in [4.69, 9.17) is 0 Å². The van der Waals surface area contributed by atoms with Crippen LogP contribution in [0.1, 0.15) is 19.0 Å². The topological polar surface area (TPSA) is 96.8 Å². The molecule has 0 fully saturated rings. The van der Waals surface area contributed by atoms with Gasteiger partial charge in [-0.2, -0.15) is 5.10 Å². The van der Waals surface area contributed by atoms with Crippen LogP contribution in [0.4, 0.5) is 5.69 Å². The Morgan fingerprint density at radius 1 is 1.40 bits per heavy atom. The van der Waals surface area contributed by atoms with E-state index >= 15 is 0 Å². The Morgan fingerprint density at radius 2 is 2.15 bits per heavy atom. The number of H-pyrrole nitrogens is 1. The minimum atomic E-state index is -3.70. The zero-order valence-electron chi connectivity index (χ0n) is 11.3. The van der Waals surface area contributed by atoms with E-state index in [2.05, 4.69) is 14.9 Å². The lowest BCUT2D eigenvalue weighted by Crippen LogP contribution is -2.20. The highest BCUT2D eigenvalue weighted by Crippen LogP contribution is 2.16. The Balaban J connectivity index is 2.33. The van der Waals surface area contributed by atoms with Gasteiger partial charge in [0.2, 0.25) is 0 Å². The van der Waals surface area contributed by atoms with Gasteiger partial charge in [0.25, 0.3) is 15.6 Å². The van der Waals surface area contributed by atoms with Gasteiger partial charge in [-0.05, 0) is 19.4 Å². The molecule has 2 aromatic heterocycles. The molecule has 0 bridgehead atoms. The Kier molecular flexibility index (Phi) is 3.93. The van der Waals surface area contributed by atoms with Crippen LogP contribution in [0.2, 0.25) is 0 Å². The largest absolute Gasteiger partial charge is 0.313 e. The molecule has 108 valence electrons. The van der Waals surface area contributed by atoms with Gasteiger partial charge in [0.05, 0.1) is 17.6 Å². The maximum atomic E-state index is 12.2. The normalized spacial score (nSPS) is 11.5. The third-order valence-electron chi connectivity index (χ3n) is 2.77. The third kappa shape index (κ3) is 2.90. The van der Waals surface area contributed by atoms with E-state index in [1.165, 1.54) is 29.1 Å². The number of pyridine rings is 1. The van der Waals surface area contributed by atoms with Crippen molar-refractivity contribution in [3.05, 3.63) is 40.6 Å². The van der Waals surface area contributed by atoms with Gasteiger partial charge in [-0.25, -0.2) is 8.42 Å². The van der Waals surface area contributed by atoms with Gasteiger partial charge in [-0.1, -0.05) is 6.92 Å². The maximum absolute atomic E-state index is 12.2. The van der Waals surface area contributed by atoms with Crippen molar-refractivity contribution in [3.8, 4) is 0 Å². The molecule has 20 heavy (non-hydrogen) atoms. The van der Waals surface area contributed by atoms with Crippen LogP contribution in [0, 0.1) is 6.92 Å². The first kappa shape index (κ1) is 14.3. The summed E-state index contributed by atoms with van der Waals surface area (Å²) in [6.45, 7) is 4.11. The number of nitrogens with zero attached hydrogens (tertiary/aromatic N) is 2. The summed E-state index contributed by atoms with van der Waals surface area (Å²) in [7, 11) is -3.70. The van der Waals surface area contributed by atoms with E-state index in [1.54, 1.807) is 6.92 Å². The van der Waals surface area contributed by atoms with Crippen LogP contribution in [0.15, 0.2) is 34.2 Å². The average Bonchev–Trinajstić information content (AvgIpc) is 2.80. The SMILES string of the molecule is CCCn1cc(NS(=O)(=O)c2cn[nH]c2C)ccc1=O. The van der Waals surface area contributed by atoms with Crippen LogP contribution >= 0.6 is 0 Å². The van der Waals surface area contributed by atoms with E-state index < -0.39 is 10.0 Å². The third-order valence-corrected chi connectivity index (χ3v) is 4.27. The molecule has 0 atom stereocenters. The highest BCUT2D eigenvalue weighted by molar-refractivity contribution is 7.92. The highest BCUT2D eigenvalue weighted by Gasteiger charge is 2.18. The lowest BCUT2D eigenvalue weighted by Gasteiger charge is -2.09. The van der Waals surface area contributed by atoms with Crippen LogP contribution in [0.25, 0.3) is 0 Å². The number of rotatable bonds is 5. The Hall–Kier alpha value is -2.09. The number of aromatic amines is 1. The van der Waals surface area contributed by atoms with Gasteiger partial charge in [0.1, 0.15) is 4.90 Å². The van der Waals surface area contributed by atoms with Crippen LogP contribution in [-0.2, 0) is 16.6 Å². The van der Waals surface area contributed by atoms with Crippen molar-refractivity contribution in [1.29, 1.82) is 0 Å². The lowest BCUT2D eigenvalue weighted by atomic mass is 10.4. The van der Waals surface area contributed by atoms with Crippen molar-refractivity contribution in [3.63, 3.8) is 0 Å². The molecule has 7 nitrogen and oxygen atoms in total. The van der Waals surface area contributed by atoms with Crippen molar-refractivity contribution < 1.29 is 8.42 Å². The molecule has 0 radical (unpaired) electrons. The number of hydrogen-bond acceptors (Lipinski definition) is 4. The summed E-state index contributed by atoms with van der Waals surface area (Å²) in [6.07, 6.45) is 3.54. The molecule has 0 aromatic carbocycles. The smallest absolute Gasteiger partial charge is 0.265 e. The fourth-order valence-corrected chi connectivity index (χ4v) is 3.01. The quantitative estimate of drug-likeness (QED) is 0.863. The predicted octanol–water partition coefficient (Wildman–Crippen LogP) is 1.09. The Labute approximate surface area is 116 Å². The molecule has 0 saturated heterocycles. The summed E-state index contributed by atoms with van der Waals surface area (Å²) in [5.74, 6) is 0. The molecule has 0 saturated carbocycles. The van der Waals surface area contributed by atoms with Crippen LogP contribution in [0.5, 0.6) is 0 Å². The summed E-state index contributed by atoms with van der Waals surface area (Å²) < 4.78 is 28.3. The second-order valence-corrected chi connectivity index (χ2v) is 6.06. The first-order chi connectivity index (χ1) is 9.44. The molecule has 2 aromatic rings. The van der Waals surface area contributed by atoms with Gasteiger partial charge in [-0.3, -0.25) is 14.6 Å². The molecular weight excluding hydrogens is 280 g/mol. The standard InChI is InChI=1S/C12H16N4O3S/c1-3-6-16-8-10(4-5-12(16)17)15-20(18,19)11-7-13-14-9(11)2/h4-5,7-8,15H,3,6H2,1-2H3,(H,13,14). The first-order valence-electron chi connectivity index (χ1n) is 6.17. The van der Waals surface area contributed by atoms with E-state index in [0.29, 0.717) is 17.9 Å². The Bertz CT molecular complexity index is 761. The summed E-state index contributed by atoms with van der Waals surface area (Å²) in [6, 6.07) is 2.79. The number of sulfonamides is 1. The number of anilines is 1. The fourth-order valence-electron chi connectivity index (χ4n) is 1.83. The minimum Gasteiger partial charge on any atom is -0.313 e. The number of nitrogens with one attached hydrogen (secondary N) is 2. The van der Waals surface area contributed by atoms with Crippen molar-refractivity contribution in [2.24, 2.45) is 0 Å². The van der Waals surface area contributed by atoms with E-state index in [9.17, 15) is 13.2 Å². The van der Waals surface area contributed by atoms with Gasteiger partial charge in [0, 0.05) is 18.8 Å². The second-order valence-electron chi connectivity index (χ2n) is 4.41. The summed E-state index contributed by atoms with van der Waals surface area (Å²) in [5.41, 5.74) is 0.646. The molecule has 2 N–H and O–H groups in total. The summed E-state index contributed by atoms with van der Waals surface area (Å²) in [5, 5.41) is 6.27. The molecule has 2 heterocycles. The molecule has 8 heteroatoms. The van der Waals surface area contributed by atoms with E-state index in [0.717, 1.165) is 6.42 Å². The van der Waals surface area contributed by atoms with Crippen molar-refractivity contribution in [2.75, 3.05) is 4.72 Å². The molecular formula is C12H16N4O3S. The van der Waals surface area contributed by atoms with E-state index in [1.807, 2.05) is 6.92 Å². The molecule has 0 aliphatic carbocycles. The highest BCUT2D eigenvalue weighted by atomic mass is 32.2. The van der Waals surface area contributed by atoms with Gasteiger partial charge >= 0.3 is 0 Å². The van der Waals surface area contributed by atoms with E-state index in [-0.39, 0.29) is 10.5 Å². The number of hydrogen-bond donors (Lipinski definition) is 2. The van der Waals surface area contributed by atoms with Crippen molar-refractivity contribution >= 4 is 15.7 Å². The van der Waals surface area contributed by atoms with Gasteiger partial charge in [-0.15, -0.1) is 0 Å². The van der Waals surface area contributed by atoms with Gasteiger partial charge in [0.15, 0.2) is 0 Å². The molecule has 0 aliphatic heterocycles. The number of aromatic nitrogens is 3. The molecule has 0 unspecified atom stereocenters. The number of aryl methyl sites for hydroxylation is 2. The van der Waals surface area contributed by atoms with Crippen molar-refractivity contribution in [2.45, 2.75) is 31.7 Å². The molecule has 0 spiro atoms. The molecule has 0 aliphatic rings. The second kappa shape index (κ2) is 5.49.